The molecule has 7 rings (SSSR count). The number of carbonyl (C=O) groups excluding carboxylic acids is 1. The van der Waals surface area contributed by atoms with E-state index in [1.165, 1.54) is 22.9 Å². The van der Waals surface area contributed by atoms with Gasteiger partial charge in [0.2, 0.25) is 0 Å². The Morgan fingerprint density at radius 1 is 1.05 bits per heavy atom. The highest BCUT2D eigenvalue weighted by molar-refractivity contribution is 7.87. The van der Waals surface area contributed by atoms with Crippen molar-refractivity contribution in [2.45, 2.75) is 120 Å². The van der Waals surface area contributed by atoms with Crippen molar-refractivity contribution in [3.63, 3.8) is 0 Å². The molecule has 5 N–H and O–H groups in total. The van der Waals surface area contributed by atoms with E-state index < -0.39 is 52.0 Å². The molecule has 0 radical (unpaired) electrons. The average molecular weight is 830 g/mol. The maximum Gasteiger partial charge on any atom is 0.279 e. The van der Waals surface area contributed by atoms with Crippen molar-refractivity contribution in [1.82, 2.24) is 23.9 Å². The average Bonchev–Trinajstić information content (AvgIpc) is 3.15. The maximum absolute atomic E-state index is 14.4. The van der Waals surface area contributed by atoms with E-state index in [0.717, 1.165) is 48.3 Å². The number of nitrogens with one attached hydrogen (secondary N) is 1. The second-order valence-electron chi connectivity index (χ2n) is 17.1. The number of amides is 1. The lowest BCUT2D eigenvalue weighted by Crippen LogP contribution is -2.60. The number of hydrogen-bond acceptors (Lipinski definition) is 10. The lowest BCUT2D eigenvalue weighted by Gasteiger charge is -2.58. The Balaban J connectivity index is 0.888. The van der Waals surface area contributed by atoms with Gasteiger partial charge in [0.1, 0.15) is 23.6 Å². The molecule has 13 nitrogen and oxygen atoms in total. The van der Waals surface area contributed by atoms with E-state index in [4.69, 9.17) is 25.7 Å². The summed E-state index contributed by atoms with van der Waals surface area (Å²) in [7, 11) is -3.65. The first-order chi connectivity index (χ1) is 27.5. The minimum Gasteiger partial charge on any atom is -0.453 e. The van der Waals surface area contributed by atoms with Gasteiger partial charge in [-0.2, -0.15) is 17.4 Å². The molecule has 3 aromatic rings. The molecular formula is C41H54F3N7O6S. The summed E-state index contributed by atoms with van der Waals surface area (Å²) in [5, 5.41) is 0. The van der Waals surface area contributed by atoms with Crippen molar-refractivity contribution in [3.05, 3.63) is 83.7 Å². The van der Waals surface area contributed by atoms with E-state index in [2.05, 4.69) is 14.7 Å². The third kappa shape index (κ3) is 9.67. The summed E-state index contributed by atoms with van der Waals surface area (Å²) in [6.07, 6.45) is 6.38. The molecule has 316 valence electrons. The van der Waals surface area contributed by atoms with Gasteiger partial charge < -0.3 is 30.6 Å². The summed E-state index contributed by atoms with van der Waals surface area (Å²) in [5.41, 5.74) is 13.9. The molecule has 1 aromatic heterocycles. The van der Waals surface area contributed by atoms with E-state index in [1.54, 1.807) is 13.8 Å². The van der Waals surface area contributed by atoms with E-state index in [-0.39, 0.29) is 47.3 Å². The number of nitrogens with two attached hydrogens (primary N) is 2. The Hall–Kier alpha value is -3.71. The molecule has 2 aliphatic carbocycles. The number of aromatic nitrogens is 2. The topological polar surface area (TPSA) is 175 Å². The Kier molecular flexibility index (Phi) is 12.5. The lowest BCUT2D eigenvalue weighted by atomic mass is 9.49. The Bertz CT molecular complexity index is 2000. The van der Waals surface area contributed by atoms with Crippen molar-refractivity contribution in [2.24, 2.45) is 16.9 Å². The minimum absolute atomic E-state index is 0.0196. The second-order valence-corrected chi connectivity index (χ2v) is 18.8. The van der Waals surface area contributed by atoms with Gasteiger partial charge in [0, 0.05) is 30.7 Å². The Morgan fingerprint density at radius 3 is 2.43 bits per heavy atom. The van der Waals surface area contributed by atoms with E-state index in [0.29, 0.717) is 57.5 Å². The molecule has 2 saturated carbocycles. The first kappa shape index (κ1) is 42.4. The predicted octanol–water partition coefficient (Wildman–Crippen LogP) is 5.40. The zero-order valence-corrected chi connectivity index (χ0v) is 33.8. The van der Waals surface area contributed by atoms with Crippen molar-refractivity contribution in [2.75, 3.05) is 26.2 Å². The number of hydrogen-bond donors (Lipinski definition) is 3. The predicted molar refractivity (Wildman–Crippen MR) is 210 cm³/mol. The second kappa shape index (κ2) is 17.1. The van der Waals surface area contributed by atoms with Crippen LogP contribution < -0.4 is 20.9 Å². The molecule has 1 amide bonds. The van der Waals surface area contributed by atoms with Crippen LogP contribution in [0.15, 0.2) is 61.1 Å². The summed E-state index contributed by atoms with van der Waals surface area (Å²) >= 11 is 0. The van der Waals surface area contributed by atoms with Gasteiger partial charge in [-0.05, 0) is 101 Å². The van der Waals surface area contributed by atoms with Crippen LogP contribution in [-0.4, -0.2) is 96.0 Å². The Morgan fingerprint density at radius 2 is 1.78 bits per heavy atom. The molecule has 2 atom stereocenters. The van der Waals surface area contributed by atoms with Crippen LogP contribution in [-0.2, 0) is 31.8 Å². The van der Waals surface area contributed by atoms with Gasteiger partial charge in [-0.15, -0.1) is 0 Å². The lowest BCUT2D eigenvalue weighted by molar-refractivity contribution is -0.0535. The van der Waals surface area contributed by atoms with Crippen molar-refractivity contribution >= 4 is 16.1 Å². The van der Waals surface area contributed by atoms with Gasteiger partial charge in [0.15, 0.2) is 5.75 Å². The van der Waals surface area contributed by atoms with Crippen molar-refractivity contribution in [1.29, 1.82) is 0 Å². The largest absolute Gasteiger partial charge is 0.453 e. The van der Waals surface area contributed by atoms with Crippen LogP contribution in [0.5, 0.6) is 11.5 Å². The zero-order valence-electron chi connectivity index (χ0n) is 33.0. The normalized spacial score (nSPS) is 28.0. The smallest absolute Gasteiger partial charge is 0.279 e. The van der Waals surface area contributed by atoms with Crippen LogP contribution in [0.4, 0.5) is 13.2 Å². The van der Waals surface area contributed by atoms with Crippen molar-refractivity contribution in [3.8, 4) is 11.5 Å². The van der Waals surface area contributed by atoms with E-state index >= 15 is 0 Å². The molecule has 3 heterocycles. The van der Waals surface area contributed by atoms with Crippen LogP contribution in [0.3, 0.4) is 0 Å². The number of alkyl halides is 2. The summed E-state index contributed by atoms with van der Waals surface area (Å²) in [6.45, 7) is 3.77. The highest BCUT2D eigenvalue weighted by Gasteiger charge is 2.57. The molecule has 0 unspecified atom stereocenters. The fourth-order valence-corrected chi connectivity index (χ4v) is 10.5. The number of ether oxygens (including phenoxy) is 3. The van der Waals surface area contributed by atoms with E-state index in [1.807, 2.05) is 30.3 Å². The minimum atomic E-state index is -3.65. The summed E-state index contributed by atoms with van der Waals surface area (Å²) in [6, 6.07) is 12.3. The van der Waals surface area contributed by atoms with Crippen LogP contribution in [0.1, 0.15) is 93.3 Å². The molecule has 1 spiro atoms. The van der Waals surface area contributed by atoms with Gasteiger partial charge in [-0.3, -0.25) is 4.79 Å². The molecule has 0 bridgehead atoms. The van der Waals surface area contributed by atoms with E-state index in [9.17, 15) is 26.4 Å². The summed E-state index contributed by atoms with van der Waals surface area (Å²) in [5.74, 6) is -1.32. The number of halogens is 3. The molecule has 58 heavy (non-hydrogen) atoms. The monoisotopic (exact) mass is 829 g/mol. The fraction of sp³-hybridized carbons (Fsp3) is 0.585. The van der Waals surface area contributed by atoms with Gasteiger partial charge in [-0.1, -0.05) is 30.3 Å². The number of carbonyl (C=O) groups is 1. The van der Waals surface area contributed by atoms with Gasteiger partial charge in [0.05, 0.1) is 49.3 Å². The first-order valence-electron chi connectivity index (χ1n) is 20.0. The van der Waals surface area contributed by atoms with Crippen LogP contribution in [0.25, 0.3) is 0 Å². The standard InChI is InChI=1S/C41H54F3N7O6S/c1-27(2)51(21-36(43)44)38(52)33-16-29(42)8-11-34(33)57-35-18-47-26-48-37(35)41(46)24-39(25-41)12-14-40(45,15-13-39)17-31-10-9-30(23-56-31)49-58(53,54)50-19-32(20-50)55-22-28-6-4-3-5-7-28/h3-8,11,16,18,26-27,30-32,36,49H,9-10,12-15,17,19-25,45-46H2,1-2H3/t30-,31+,39?,40?,41?/m1/s1. The number of rotatable bonds is 15. The highest BCUT2D eigenvalue weighted by atomic mass is 32.2. The molecular weight excluding hydrogens is 776 g/mol. The Labute approximate surface area is 338 Å². The van der Waals surface area contributed by atoms with Gasteiger partial charge in [0.25, 0.3) is 22.5 Å². The number of nitrogens with zero attached hydrogens (tertiary/aromatic N) is 4. The maximum atomic E-state index is 14.4. The fourth-order valence-electron chi connectivity index (χ4n) is 9.05. The van der Waals surface area contributed by atoms with Crippen LogP contribution in [0.2, 0.25) is 0 Å². The van der Waals surface area contributed by atoms with Crippen LogP contribution >= 0.6 is 0 Å². The zero-order chi connectivity index (χ0) is 41.3. The molecule has 2 saturated heterocycles. The summed E-state index contributed by atoms with van der Waals surface area (Å²) < 4.78 is 89.6. The number of benzene rings is 2. The highest BCUT2D eigenvalue weighted by Crippen LogP contribution is 2.61. The van der Waals surface area contributed by atoms with Gasteiger partial charge >= 0.3 is 0 Å². The van der Waals surface area contributed by atoms with Crippen molar-refractivity contribution < 1.29 is 40.6 Å². The third-order valence-corrected chi connectivity index (χ3v) is 13.9. The molecule has 4 aliphatic rings. The quantitative estimate of drug-likeness (QED) is 0.180. The van der Waals surface area contributed by atoms with Gasteiger partial charge in [-0.25, -0.2) is 23.1 Å². The SMILES string of the molecule is CC(C)N(CC(F)F)C(=O)c1cc(F)ccc1Oc1cncnc1C1(N)CC2(CCC(N)(C[C@@H]3CC[C@@H](NS(=O)(=O)N4CC(OCc5ccccc5)C4)CO3)CC2)C1. The third-order valence-electron chi connectivity index (χ3n) is 12.3. The molecule has 2 aromatic carbocycles. The molecule has 2 aliphatic heterocycles. The van der Waals surface area contributed by atoms with Crippen LogP contribution in [0, 0.1) is 11.2 Å². The first-order valence-corrected chi connectivity index (χ1v) is 21.5. The summed E-state index contributed by atoms with van der Waals surface area (Å²) in [4.78, 5) is 23.0. The molecule has 4 fully saturated rings. The molecule has 17 heteroatoms.